The molecular formula is C20H20ClN5O6. The number of halogens is 1. The van der Waals surface area contributed by atoms with Crippen LogP contribution in [0.15, 0.2) is 36.7 Å². The molecule has 0 radical (unpaired) electrons. The zero-order valence-electron chi connectivity index (χ0n) is 16.7. The van der Waals surface area contributed by atoms with Gasteiger partial charge in [0.15, 0.2) is 11.5 Å². The lowest BCUT2D eigenvalue weighted by atomic mass is 9.94. The van der Waals surface area contributed by atoms with E-state index in [4.69, 9.17) is 26.8 Å². The van der Waals surface area contributed by atoms with Gasteiger partial charge in [0, 0.05) is 6.42 Å². The number of benzene rings is 1. The number of hydrogen-bond acceptors (Lipinski definition) is 8. The standard InChI is InChI=1S/C20H20ClN5O6/c21-19-24-15(22)14-16(25-19)26(10-23-14)13-7-6-12(32-13)9-31-20(17(27)28,18(29)30)8-11-4-2-1-3-5-11/h1-5,10,12-13H,6-9H2,(H,27,28)(H,29,30)(H2,22,24,25). The van der Waals surface area contributed by atoms with Crippen LogP contribution in [-0.2, 0) is 25.5 Å². The second-order valence-corrected chi connectivity index (χ2v) is 7.74. The Morgan fingerprint density at radius 2 is 1.94 bits per heavy atom. The van der Waals surface area contributed by atoms with Gasteiger partial charge >= 0.3 is 11.9 Å². The van der Waals surface area contributed by atoms with Gasteiger partial charge in [-0.05, 0) is 30.0 Å². The number of fused-ring (bicyclic) bond motifs is 1. The van der Waals surface area contributed by atoms with E-state index in [1.807, 2.05) is 0 Å². The molecule has 3 aromatic rings. The number of ether oxygens (including phenoxy) is 2. The van der Waals surface area contributed by atoms with Crippen molar-refractivity contribution < 1.29 is 29.3 Å². The summed E-state index contributed by atoms with van der Waals surface area (Å²) in [7, 11) is 0. The summed E-state index contributed by atoms with van der Waals surface area (Å²) < 4.78 is 13.1. The highest BCUT2D eigenvalue weighted by Crippen LogP contribution is 2.32. The molecule has 2 unspecified atom stereocenters. The highest BCUT2D eigenvalue weighted by molar-refractivity contribution is 6.28. The molecule has 4 rings (SSSR count). The minimum absolute atomic E-state index is 0.0248. The first kappa shape index (κ1) is 21.9. The van der Waals surface area contributed by atoms with Crippen molar-refractivity contribution >= 4 is 40.5 Å². The maximum absolute atomic E-state index is 11.9. The molecule has 0 bridgehead atoms. The van der Waals surface area contributed by atoms with Crippen molar-refractivity contribution in [2.75, 3.05) is 12.3 Å². The molecule has 0 amide bonds. The predicted molar refractivity (Wildman–Crippen MR) is 112 cm³/mol. The predicted octanol–water partition coefficient (Wildman–Crippen LogP) is 1.91. The number of carboxylic acid groups (broad SMARTS) is 2. The normalized spacial score (nSPS) is 18.8. The van der Waals surface area contributed by atoms with Crippen LogP contribution in [0.4, 0.5) is 5.82 Å². The minimum atomic E-state index is -2.43. The third-order valence-electron chi connectivity index (χ3n) is 5.32. The van der Waals surface area contributed by atoms with Gasteiger partial charge in [0.05, 0.1) is 19.0 Å². The number of aromatic nitrogens is 4. The lowest BCUT2D eigenvalue weighted by Crippen LogP contribution is -2.52. The fourth-order valence-electron chi connectivity index (χ4n) is 3.67. The SMILES string of the molecule is Nc1nc(Cl)nc2c1ncn2C1CCC(COC(Cc2ccccc2)(C(=O)O)C(=O)O)O1. The number of aliphatic carboxylic acids is 2. The van der Waals surface area contributed by atoms with Crippen LogP contribution in [0.1, 0.15) is 24.6 Å². The molecule has 0 saturated carbocycles. The number of rotatable bonds is 8. The van der Waals surface area contributed by atoms with E-state index in [0.29, 0.717) is 29.6 Å². The average molecular weight is 462 g/mol. The maximum Gasteiger partial charge on any atom is 0.348 e. The summed E-state index contributed by atoms with van der Waals surface area (Å²) in [5.74, 6) is -3.01. The van der Waals surface area contributed by atoms with Crippen LogP contribution >= 0.6 is 11.6 Å². The summed E-state index contributed by atoms with van der Waals surface area (Å²) in [6, 6.07) is 8.45. The molecule has 0 aliphatic carbocycles. The quantitative estimate of drug-likeness (QED) is 0.333. The molecule has 12 heteroatoms. The zero-order chi connectivity index (χ0) is 22.9. The maximum atomic E-state index is 11.9. The Bertz CT molecular complexity index is 1140. The second-order valence-electron chi connectivity index (χ2n) is 7.40. The number of nitrogen functional groups attached to an aromatic ring is 1. The molecule has 1 fully saturated rings. The second kappa shape index (κ2) is 8.69. The fraction of sp³-hybridized carbons (Fsp3) is 0.350. The number of nitrogens with two attached hydrogens (primary N) is 1. The van der Waals surface area contributed by atoms with Crippen molar-refractivity contribution in [2.45, 2.75) is 37.2 Å². The lowest BCUT2D eigenvalue weighted by Gasteiger charge is -2.27. The average Bonchev–Trinajstić information content (AvgIpc) is 3.38. The Morgan fingerprint density at radius 3 is 2.62 bits per heavy atom. The molecule has 2 atom stereocenters. The number of imidazole rings is 1. The zero-order valence-corrected chi connectivity index (χ0v) is 17.5. The van der Waals surface area contributed by atoms with Gasteiger partial charge in [-0.2, -0.15) is 9.97 Å². The minimum Gasteiger partial charge on any atom is -0.479 e. The Morgan fingerprint density at radius 1 is 1.22 bits per heavy atom. The van der Waals surface area contributed by atoms with Crippen LogP contribution in [0.3, 0.4) is 0 Å². The lowest BCUT2D eigenvalue weighted by molar-refractivity contribution is -0.188. The summed E-state index contributed by atoms with van der Waals surface area (Å²) in [6.45, 7) is -0.216. The Balaban J connectivity index is 1.49. The fourth-order valence-corrected chi connectivity index (χ4v) is 3.84. The van der Waals surface area contributed by atoms with E-state index >= 15 is 0 Å². The van der Waals surface area contributed by atoms with Gasteiger partial charge in [0.2, 0.25) is 5.28 Å². The van der Waals surface area contributed by atoms with Gasteiger partial charge in [-0.1, -0.05) is 30.3 Å². The molecule has 168 valence electrons. The van der Waals surface area contributed by atoms with Crippen LogP contribution < -0.4 is 5.73 Å². The summed E-state index contributed by atoms with van der Waals surface area (Å²) in [5.41, 5.74) is 4.72. The first-order valence-corrected chi connectivity index (χ1v) is 10.1. The van der Waals surface area contributed by atoms with Crippen molar-refractivity contribution in [3.8, 4) is 0 Å². The topological polar surface area (TPSA) is 163 Å². The number of carbonyl (C=O) groups is 2. The monoisotopic (exact) mass is 461 g/mol. The molecule has 0 spiro atoms. The van der Waals surface area contributed by atoms with Crippen molar-refractivity contribution in [3.63, 3.8) is 0 Å². The van der Waals surface area contributed by atoms with Crippen LogP contribution in [0.5, 0.6) is 0 Å². The van der Waals surface area contributed by atoms with Crippen LogP contribution in [0.25, 0.3) is 11.2 Å². The molecular weight excluding hydrogens is 442 g/mol. The first-order valence-electron chi connectivity index (χ1n) is 9.76. The third-order valence-corrected chi connectivity index (χ3v) is 5.49. The molecule has 4 N–H and O–H groups in total. The molecule has 1 aromatic carbocycles. The summed E-state index contributed by atoms with van der Waals surface area (Å²) in [5, 5.41) is 19.4. The van der Waals surface area contributed by atoms with E-state index < -0.39 is 29.9 Å². The van der Waals surface area contributed by atoms with Gasteiger partial charge in [-0.3, -0.25) is 4.57 Å². The molecule has 1 saturated heterocycles. The van der Waals surface area contributed by atoms with Gasteiger partial charge < -0.3 is 25.4 Å². The summed E-state index contributed by atoms with van der Waals surface area (Å²) in [4.78, 5) is 36.1. The molecule has 11 nitrogen and oxygen atoms in total. The summed E-state index contributed by atoms with van der Waals surface area (Å²) in [6.07, 6.45) is 1.24. The van der Waals surface area contributed by atoms with Crippen molar-refractivity contribution in [2.24, 2.45) is 0 Å². The number of carboxylic acids is 2. The van der Waals surface area contributed by atoms with E-state index in [9.17, 15) is 19.8 Å². The smallest absolute Gasteiger partial charge is 0.348 e. The first-order chi connectivity index (χ1) is 15.3. The van der Waals surface area contributed by atoms with Crippen molar-refractivity contribution in [1.29, 1.82) is 0 Å². The van der Waals surface area contributed by atoms with E-state index in [0.717, 1.165) is 0 Å². The van der Waals surface area contributed by atoms with Gasteiger partial charge in [0.1, 0.15) is 11.7 Å². The number of nitrogens with zero attached hydrogens (tertiary/aromatic N) is 4. The van der Waals surface area contributed by atoms with Crippen LogP contribution in [0, 0.1) is 0 Å². The molecule has 1 aliphatic heterocycles. The Hall–Kier alpha value is -3.28. The Labute approximate surface area is 186 Å². The van der Waals surface area contributed by atoms with E-state index in [-0.39, 0.29) is 24.1 Å². The largest absolute Gasteiger partial charge is 0.479 e. The highest BCUT2D eigenvalue weighted by Gasteiger charge is 2.49. The summed E-state index contributed by atoms with van der Waals surface area (Å²) >= 11 is 5.90. The molecule has 2 aromatic heterocycles. The molecule has 32 heavy (non-hydrogen) atoms. The highest BCUT2D eigenvalue weighted by atomic mass is 35.5. The van der Waals surface area contributed by atoms with Crippen LogP contribution in [0.2, 0.25) is 5.28 Å². The van der Waals surface area contributed by atoms with Crippen molar-refractivity contribution in [3.05, 3.63) is 47.5 Å². The van der Waals surface area contributed by atoms with Crippen molar-refractivity contribution in [1.82, 2.24) is 19.5 Å². The van der Waals surface area contributed by atoms with E-state index in [1.54, 1.807) is 34.9 Å². The third kappa shape index (κ3) is 4.09. The number of hydrogen-bond donors (Lipinski definition) is 3. The Kier molecular flexibility index (Phi) is 5.96. The van der Waals surface area contributed by atoms with E-state index in [1.165, 1.54) is 6.33 Å². The van der Waals surface area contributed by atoms with Gasteiger partial charge in [-0.15, -0.1) is 0 Å². The van der Waals surface area contributed by atoms with Gasteiger partial charge in [0.25, 0.3) is 5.60 Å². The number of anilines is 1. The van der Waals surface area contributed by atoms with E-state index in [2.05, 4.69) is 15.0 Å². The molecule has 1 aliphatic rings. The molecule has 3 heterocycles. The van der Waals surface area contributed by atoms with Crippen LogP contribution in [-0.4, -0.2) is 60.0 Å². The van der Waals surface area contributed by atoms with Gasteiger partial charge in [-0.25, -0.2) is 14.6 Å².